The Balaban J connectivity index is 2.83. The molecule has 0 spiro atoms. The second kappa shape index (κ2) is 5.92. The first-order valence-electron chi connectivity index (χ1n) is 6.15. The first-order valence-corrected chi connectivity index (χ1v) is 6.15. The van der Waals surface area contributed by atoms with Crippen molar-refractivity contribution in [1.82, 2.24) is 4.98 Å². The summed E-state index contributed by atoms with van der Waals surface area (Å²) in [6, 6.07) is 2.27. The van der Waals surface area contributed by atoms with Gasteiger partial charge in [0.05, 0.1) is 11.4 Å². The van der Waals surface area contributed by atoms with Crippen molar-refractivity contribution in [3.05, 3.63) is 23.0 Å². The number of pyridine rings is 1. The molecule has 0 saturated heterocycles. The molecule has 0 aliphatic rings. The molecule has 0 radical (unpaired) electrons. The summed E-state index contributed by atoms with van der Waals surface area (Å²) in [5.41, 5.74) is 10.2. The van der Waals surface area contributed by atoms with Gasteiger partial charge in [-0.2, -0.15) is 0 Å². The van der Waals surface area contributed by atoms with Gasteiger partial charge < -0.3 is 5.73 Å². The smallest absolute Gasteiger partial charge is 0.0840 e. The van der Waals surface area contributed by atoms with Crippen LogP contribution in [0.1, 0.15) is 37.2 Å². The number of nitrogens with two attached hydrogens (primary N) is 1. The standard InChI is InChI=1S/C14H23N3/c1-9(2)12(15)6-7-13-14(16-5)8-10(3)11(4)17-13/h8-9,12H,5-7,15H2,1-4H3. The largest absolute Gasteiger partial charge is 0.327 e. The third kappa shape index (κ3) is 3.63. The van der Waals surface area contributed by atoms with Crippen LogP contribution in [-0.4, -0.2) is 17.7 Å². The summed E-state index contributed by atoms with van der Waals surface area (Å²) in [7, 11) is 0. The van der Waals surface area contributed by atoms with Crippen molar-refractivity contribution in [2.75, 3.05) is 0 Å². The molecule has 0 aromatic carbocycles. The summed E-state index contributed by atoms with van der Waals surface area (Å²) in [6.07, 6.45) is 1.81. The van der Waals surface area contributed by atoms with E-state index in [1.807, 2.05) is 19.9 Å². The van der Waals surface area contributed by atoms with Gasteiger partial charge >= 0.3 is 0 Å². The summed E-state index contributed by atoms with van der Waals surface area (Å²) >= 11 is 0. The van der Waals surface area contributed by atoms with Crippen LogP contribution >= 0.6 is 0 Å². The molecule has 94 valence electrons. The van der Waals surface area contributed by atoms with Crippen LogP contribution in [-0.2, 0) is 6.42 Å². The topological polar surface area (TPSA) is 51.3 Å². The van der Waals surface area contributed by atoms with Crippen LogP contribution < -0.4 is 5.73 Å². The van der Waals surface area contributed by atoms with Gasteiger partial charge in [0.2, 0.25) is 0 Å². The molecule has 0 fully saturated rings. The SMILES string of the molecule is C=Nc1cc(C)c(C)nc1CCC(N)C(C)C. The van der Waals surface area contributed by atoms with Crippen LogP contribution in [0.4, 0.5) is 5.69 Å². The van der Waals surface area contributed by atoms with Crippen molar-refractivity contribution < 1.29 is 0 Å². The van der Waals surface area contributed by atoms with Crippen molar-refractivity contribution >= 4 is 12.4 Å². The normalized spacial score (nSPS) is 12.8. The Kier molecular flexibility index (Phi) is 4.82. The van der Waals surface area contributed by atoms with Gasteiger partial charge in [0.25, 0.3) is 0 Å². The van der Waals surface area contributed by atoms with Gasteiger partial charge in [-0.05, 0) is 51.0 Å². The number of aromatic nitrogens is 1. The molecule has 2 N–H and O–H groups in total. The second-order valence-corrected chi connectivity index (χ2v) is 4.96. The van der Waals surface area contributed by atoms with Crippen LogP contribution in [0.3, 0.4) is 0 Å². The summed E-state index contributed by atoms with van der Waals surface area (Å²) in [6.45, 7) is 12.0. The lowest BCUT2D eigenvalue weighted by Crippen LogP contribution is -2.26. The number of aryl methyl sites for hydroxylation is 3. The third-order valence-corrected chi connectivity index (χ3v) is 3.26. The molecule has 1 aromatic rings. The lowest BCUT2D eigenvalue weighted by Gasteiger charge is -2.16. The van der Waals surface area contributed by atoms with Crippen molar-refractivity contribution in [3.8, 4) is 0 Å². The van der Waals surface area contributed by atoms with E-state index in [2.05, 4.69) is 30.5 Å². The molecular weight excluding hydrogens is 210 g/mol. The summed E-state index contributed by atoms with van der Waals surface area (Å²) < 4.78 is 0. The van der Waals surface area contributed by atoms with Gasteiger partial charge in [0, 0.05) is 11.7 Å². The van der Waals surface area contributed by atoms with Gasteiger partial charge in [0.1, 0.15) is 0 Å². The molecule has 1 unspecified atom stereocenters. The Hall–Kier alpha value is -1.22. The molecule has 0 aliphatic carbocycles. The van der Waals surface area contributed by atoms with Crippen molar-refractivity contribution in [3.63, 3.8) is 0 Å². The van der Waals surface area contributed by atoms with Crippen molar-refractivity contribution in [1.29, 1.82) is 0 Å². The zero-order valence-electron chi connectivity index (χ0n) is 11.3. The number of rotatable bonds is 5. The predicted molar refractivity (Wildman–Crippen MR) is 74.1 cm³/mol. The fourth-order valence-electron chi connectivity index (χ4n) is 1.70. The summed E-state index contributed by atoms with van der Waals surface area (Å²) in [4.78, 5) is 8.63. The van der Waals surface area contributed by atoms with Gasteiger partial charge in [-0.25, -0.2) is 0 Å². The Morgan fingerprint density at radius 3 is 2.59 bits per heavy atom. The Labute approximate surface area is 104 Å². The molecule has 3 nitrogen and oxygen atoms in total. The first-order chi connectivity index (χ1) is 7.95. The molecule has 1 atom stereocenters. The number of hydrogen-bond acceptors (Lipinski definition) is 3. The lowest BCUT2D eigenvalue weighted by molar-refractivity contribution is 0.462. The van der Waals surface area contributed by atoms with E-state index < -0.39 is 0 Å². The minimum absolute atomic E-state index is 0.219. The molecule has 3 heteroatoms. The average molecular weight is 233 g/mol. The summed E-state index contributed by atoms with van der Waals surface area (Å²) in [5, 5.41) is 0. The molecule has 0 saturated carbocycles. The van der Waals surface area contributed by atoms with Gasteiger partial charge in [0.15, 0.2) is 0 Å². The zero-order chi connectivity index (χ0) is 13.0. The Morgan fingerprint density at radius 2 is 2.06 bits per heavy atom. The van der Waals surface area contributed by atoms with E-state index >= 15 is 0 Å². The van der Waals surface area contributed by atoms with E-state index in [0.717, 1.165) is 35.5 Å². The van der Waals surface area contributed by atoms with Crippen LogP contribution in [0.5, 0.6) is 0 Å². The molecule has 17 heavy (non-hydrogen) atoms. The minimum atomic E-state index is 0.219. The molecule has 1 heterocycles. The van der Waals surface area contributed by atoms with E-state index in [0.29, 0.717) is 5.92 Å². The maximum atomic E-state index is 6.05. The number of hydrogen-bond donors (Lipinski definition) is 1. The van der Waals surface area contributed by atoms with E-state index in [9.17, 15) is 0 Å². The highest BCUT2D eigenvalue weighted by atomic mass is 14.8. The van der Waals surface area contributed by atoms with Crippen LogP contribution in [0.2, 0.25) is 0 Å². The molecule has 1 aromatic heterocycles. The van der Waals surface area contributed by atoms with Gasteiger partial charge in [-0.15, -0.1) is 0 Å². The van der Waals surface area contributed by atoms with Gasteiger partial charge in [-0.1, -0.05) is 13.8 Å². The molecule has 0 amide bonds. The van der Waals surface area contributed by atoms with E-state index in [4.69, 9.17) is 5.73 Å². The van der Waals surface area contributed by atoms with Crippen molar-refractivity contribution in [2.24, 2.45) is 16.6 Å². The van der Waals surface area contributed by atoms with Crippen LogP contribution in [0.15, 0.2) is 11.1 Å². The molecule has 0 bridgehead atoms. The average Bonchev–Trinajstić information content (AvgIpc) is 2.29. The minimum Gasteiger partial charge on any atom is -0.327 e. The fraction of sp³-hybridized carbons (Fsp3) is 0.571. The van der Waals surface area contributed by atoms with E-state index in [1.54, 1.807) is 0 Å². The first kappa shape index (κ1) is 13.8. The van der Waals surface area contributed by atoms with Crippen LogP contribution in [0, 0.1) is 19.8 Å². The highest BCUT2D eigenvalue weighted by molar-refractivity contribution is 5.51. The lowest BCUT2D eigenvalue weighted by atomic mass is 9.98. The fourth-order valence-corrected chi connectivity index (χ4v) is 1.70. The monoisotopic (exact) mass is 233 g/mol. The highest BCUT2D eigenvalue weighted by Gasteiger charge is 2.11. The summed E-state index contributed by atoms with van der Waals surface area (Å²) in [5.74, 6) is 0.502. The Bertz CT molecular complexity index is 397. The Morgan fingerprint density at radius 1 is 1.41 bits per heavy atom. The van der Waals surface area contributed by atoms with Crippen molar-refractivity contribution in [2.45, 2.75) is 46.6 Å². The van der Waals surface area contributed by atoms with E-state index in [1.165, 1.54) is 0 Å². The van der Waals surface area contributed by atoms with Crippen LogP contribution in [0.25, 0.3) is 0 Å². The maximum Gasteiger partial charge on any atom is 0.0840 e. The second-order valence-electron chi connectivity index (χ2n) is 4.96. The van der Waals surface area contributed by atoms with Gasteiger partial charge in [-0.3, -0.25) is 9.98 Å². The maximum absolute atomic E-state index is 6.05. The molecular formula is C14H23N3. The predicted octanol–water partition coefficient (Wildman–Crippen LogP) is 2.95. The molecule has 0 aliphatic heterocycles. The quantitative estimate of drug-likeness (QED) is 0.795. The van der Waals surface area contributed by atoms with E-state index in [-0.39, 0.29) is 6.04 Å². The highest BCUT2D eigenvalue weighted by Crippen LogP contribution is 2.22. The number of nitrogens with zero attached hydrogens (tertiary/aromatic N) is 2. The molecule has 1 rings (SSSR count). The number of aliphatic imine (C=N–C) groups is 1. The third-order valence-electron chi connectivity index (χ3n) is 3.26. The zero-order valence-corrected chi connectivity index (χ0v) is 11.3.